The summed E-state index contributed by atoms with van der Waals surface area (Å²) >= 11 is 1.96. The van der Waals surface area contributed by atoms with Gasteiger partial charge >= 0.3 is 0 Å². The summed E-state index contributed by atoms with van der Waals surface area (Å²) in [7, 11) is -2.71. The largest absolute Gasteiger partial charge is 0.313 e. The number of hydrogen-bond donors (Lipinski definition) is 1. The van der Waals surface area contributed by atoms with Crippen molar-refractivity contribution in [2.45, 2.75) is 19.4 Å². The molecule has 0 amide bonds. The zero-order valence-corrected chi connectivity index (χ0v) is 10.7. The minimum absolute atomic E-state index is 0.411. The first-order chi connectivity index (χ1) is 7.12. The van der Waals surface area contributed by atoms with Gasteiger partial charge in [-0.15, -0.1) is 0 Å². The molecule has 3 atom stereocenters. The van der Waals surface area contributed by atoms with Crippen LogP contribution in [0.5, 0.6) is 0 Å². The van der Waals surface area contributed by atoms with Gasteiger partial charge in [0.15, 0.2) is 9.84 Å². The van der Waals surface area contributed by atoms with Gasteiger partial charge in [0.05, 0.1) is 11.5 Å². The quantitative estimate of drug-likeness (QED) is 0.802. The Kier molecular flexibility index (Phi) is 3.63. The number of rotatable bonds is 3. The number of hydrogen-bond acceptors (Lipinski definition) is 4. The Bertz CT molecular complexity index is 315. The van der Waals surface area contributed by atoms with Crippen molar-refractivity contribution in [1.82, 2.24) is 5.32 Å². The summed E-state index contributed by atoms with van der Waals surface area (Å²) in [5, 5.41) is 3.48. The molecule has 1 N–H and O–H groups in total. The van der Waals surface area contributed by atoms with Gasteiger partial charge in [0.2, 0.25) is 0 Å². The van der Waals surface area contributed by atoms with Crippen LogP contribution in [0.1, 0.15) is 13.3 Å². The van der Waals surface area contributed by atoms with Gasteiger partial charge in [0, 0.05) is 11.8 Å². The van der Waals surface area contributed by atoms with Gasteiger partial charge in [-0.25, -0.2) is 8.42 Å². The monoisotopic (exact) mass is 249 g/mol. The fourth-order valence-corrected chi connectivity index (χ4v) is 6.10. The maximum Gasteiger partial charge on any atom is 0.150 e. The molecule has 3 nitrogen and oxygen atoms in total. The highest BCUT2D eigenvalue weighted by Crippen LogP contribution is 2.35. The zero-order valence-electron chi connectivity index (χ0n) is 9.11. The van der Waals surface area contributed by atoms with Crippen molar-refractivity contribution in [2.24, 2.45) is 11.8 Å². The van der Waals surface area contributed by atoms with Crippen molar-refractivity contribution in [3.05, 3.63) is 0 Å². The van der Waals surface area contributed by atoms with E-state index in [2.05, 4.69) is 12.2 Å². The first-order valence-corrected chi connectivity index (χ1v) is 8.61. The van der Waals surface area contributed by atoms with E-state index in [4.69, 9.17) is 0 Å². The fraction of sp³-hybridized carbons (Fsp3) is 1.00. The van der Waals surface area contributed by atoms with Crippen molar-refractivity contribution in [3.8, 4) is 0 Å². The molecule has 2 rings (SSSR count). The predicted octanol–water partition coefficient (Wildman–Crippen LogP) is 0.762. The summed E-state index contributed by atoms with van der Waals surface area (Å²) in [5.41, 5.74) is 0. The van der Waals surface area contributed by atoms with Crippen molar-refractivity contribution in [1.29, 1.82) is 0 Å². The second kappa shape index (κ2) is 4.63. The summed E-state index contributed by atoms with van der Waals surface area (Å²) in [4.78, 5) is 0. The van der Waals surface area contributed by atoms with Crippen LogP contribution in [-0.2, 0) is 9.84 Å². The molecule has 2 saturated heterocycles. The number of thioether (sulfide) groups is 1. The van der Waals surface area contributed by atoms with Gasteiger partial charge < -0.3 is 5.32 Å². The highest BCUT2D eigenvalue weighted by atomic mass is 32.2. The van der Waals surface area contributed by atoms with Gasteiger partial charge in [-0.1, -0.05) is 6.92 Å². The van der Waals surface area contributed by atoms with E-state index >= 15 is 0 Å². The summed E-state index contributed by atoms with van der Waals surface area (Å²) in [6, 6.07) is 0.540. The first-order valence-electron chi connectivity index (χ1n) is 5.64. The third-order valence-corrected chi connectivity index (χ3v) is 6.47. The standard InChI is InChI=1S/C10H19NO2S2/c1-2-11-10-6-14-5-9(10)8-3-4-15(12,13)7-8/h8-11H,2-7H2,1H3. The molecular weight excluding hydrogens is 230 g/mol. The lowest BCUT2D eigenvalue weighted by Crippen LogP contribution is -2.39. The second-order valence-corrected chi connectivity index (χ2v) is 7.83. The van der Waals surface area contributed by atoms with Gasteiger partial charge in [0.25, 0.3) is 0 Å². The molecule has 0 saturated carbocycles. The van der Waals surface area contributed by atoms with Crippen LogP contribution in [0.3, 0.4) is 0 Å². The van der Waals surface area contributed by atoms with Crippen molar-refractivity contribution in [3.63, 3.8) is 0 Å². The summed E-state index contributed by atoms with van der Waals surface area (Å²) in [6.07, 6.45) is 0.884. The molecule has 5 heteroatoms. The van der Waals surface area contributed by atoms with E-state index in [1.54, 1.807) is 0 Å². The lowest BCUT2D eigenvalue weighted by molar-refractivity contribution is 0.327. The van der Waals surface area contributed by atoms with E-state index in [-0.39, 0.29) is 0 Å². The van der Waals surface area contributed by atoms with Gasteiger partial charge in [-0.2, -0.15) is 11.8 Å². The summed E-state index contributed by atoms with van der Waals surface area (Å²) in [6.45, 7) is 3.10. The lowest BCUT2D eigenvalue weighted by atomic mass is 9.88. The molecule has 88 valence electrons. The predicted molar refractivity (Wildman–Crippen MR) is 65.0 cm³/mol. The molecule has 2 heterocycles. The number of nitrogens with one attached hydrogen (secondary N) is 1. The molecule has 0 radical (unpaired) electrons. The molecule has 0 bridgehead atoms. The van der Waals surface area contributed by atoms with Gasteiger partial charge in [-0.3, -0.25) is 0 Å². The van der Waals surface area contributed by atoms with Crippen molar-refractivity contribution in [2.75, 3.05) is 29.6 Å². The average Bonchev–Trinajstić information content (AvgIpc) is 2.72. The molecular formula is C10H19NO2S2. The second-order valence-electron chi connectivity index (χ2n) is 4.53. The van der Waals surface area contributed by atoms with E-state index in [0.29, 0.717) is 29.4 Å². The van der Waals surface area contributed by atoms with Crippen LogP contribution in [0.25, 0.3) is 0 Å². The molecule has 2 fully saturated rings. The smallest absolute Gasteiger partial charge is 0.150 e. The Morgan fingerprint density at radius 1 is 1.40 bits per heavy atom. The summed E-state index contributed by atoms with van der Waals surface area (Å²) < 4.78 is 22.9. The number of sulfone groups is 1. The van der Waals surface area contributed by atoms with Crippen LogP contribution in [0.15, 0.2) is 0 Å². The van der Waals surface area contributed by atoms with Crippen LogP contribution in [0, 0.1) is 11.8 Å². The van der Waals surface area contributed by atoms with E-state index in [0.717, 1.165) is 24.5 Å². The third kappa shape index (κ3) is 2.68. The van der Waals surface area contributed by atoms with E-state index in [1.807, 2.05) is 11.8 Å². The fourth-order valence-electron chi connectivity index (χ4n) is 2.67. The molecule has 2 aliphatic rings. The highest BCUT2D eigenvalue weighted by molar-refractivity contribution is 7.99. The van der Waals surface area contributed by atoms with Crippen molar-refractivity contribution >= 4 is 21.6 Å². The molecule has 15 heavy (non-hydrogen) atoms. The maximum atomic E-state index is 11.4. The van der Waals surface area contributed by atoms with Crippen molar-refractivity contribution < 1.29 is 8.42 Å². The third-order valence-electron chi connectivity index (χ3n) is 3.46. The minimum Gasteiger partial charge on any atom is -0.313 e. The van der Waals surface area contributed by atoms with E-state index < -0.39 is 9.84 Å². The SMILES string of the molecule is CCNC1CSCC1C1CCS(=O)(=O)C1. The molecule has 2 aliphatic heterocycles. The molecule has 0 aromatic heterocycles. The van der Waals surface area contributed by atoms with Crippen LogP contribution in [0.4, 0.5) is 0 Å². The Labute approximate surface area is 96.3 Å². The normalized spacial score (nSPS) is 39.7. The average molecular weight is 249 g/mol. The molecule has 0 aliphatic carbocycles. The van der Waals surface area contributed by atoms with Crippen LogP contribution >= 0.6 is 11.8 Å². The molecule has 0 aromatic rings. The lowest BCUT2D eigenvalue weighted by Gasteiger charge is -2.24. The molecule has 3 unspecified atom stereocenters. The van der Waals surface area contributed by atoms with Crippen LogP contribution in [-0.4, -0.2) is 44.0 Å². The Morgan fingerprint density at radius 3 is 2.80 bits per heavy atom. The zero-order chi connectivity index (χ0) is 10.9. The molecule has 0 aromatic carbocycles. The Morgan fingerprint density at radius 2 is 2.20 bits per heavy atom. The van der Waals surface area contributed by atoms with Crippen LogP contribution in [0.2, 0.25) is 0 Å². The Balaban J connectivity index is 1.98. The van der Waals surface area contributed by atoms with Gasteiger partial charge in [0.1, 0.15) is 0 Å². The van der Waals surface area contributed by atoms with E-state index in [1.165, 1.54) is 0 Å². The Hall–Kier alpha value is 0.260. The molecule has 0 spiro atoms. The van der Waals surface area contributed by atoms with E-state index in [9.17, 15) is 8.42 Å². The summed E-state index contributed by atoms with van der Waals surface area (Å²) in [5.74, 6) is 4.12. The van der Waals surface area contributed by atoms with Crippen LogP contribution < -0.4 is 5.32 Å². The highest BCUT2D eigenvalue weighted by Gasteiger charge is 2.39. The maximum absolute atomic E-state index is 11.4. The first kappa shape index (κ1) is 11.7. The topological polar surface area (TPSA) is 46.2 Å². The minimum atomic E-state index is -2.71. The van der Waals surface area contributed by atoms with Gasteiger partial charge in [-0.05, 0) is 30.6 Å².